The summed E-state index contributed by atoms with van der Waals surface area (Å²) in [4.78, 5) is 11.2. The number of amides is 1. The second kappa shape index (κ2) is 3.48. The lowest BCUT2D eigenvalue weighted by Crippen LogP contribution is -2.32. The lowest BCUT2D eigenvalue weighted by Gasteiger charge is -2.12. The van der Waals surface area contributed by atoms with E-state index in [0.717, 1.165) is 6.26 Å². The van der Waals surface area contributed by atoms with Crippen molar-refractivity contribution in [2.24, 2.45) is 0 Å². The van der Waals surface area contributed by atoms with Gasteiger partial charge in [-0.1, -0.05) is 11.6 Å². The van der Waals surface area contributed by atoms with Gasteiger partial charge in [0.2, 0.25) is 10.0 Å². The summed E-state index contributed by atoms with van der Waals surface area (Å²) in [6.45, 7) is -0.0278. The van der Waals surface area contributed by atoms with Crippen LogP contribution in [0, 0.1) is 0 Å². The van der Waals surface area contributed by atoms with Gasteiger partial charge in [0.1, 0.15) is 5.03 Å². The van der Waals surface area contributed by atoms with Crippen LogP contribution < -0.4 is 0 Å². The lowest BCUT2D eigenvalue weighted by molar-refractivity contribution is -0.120. The number of sulfonamides is 1. The maximum absolute atomic E-state index is 11.2. The smallest absolute Gasteiger partial charge is 0.267 e. The van der Waals surface area contributed by atoms with E-state index in [1.807, 2.05) is 0 Å². The van der Waals surface area contributed by atoms with Crippen molar-refractivity contribution in [2.45, 2.75) is 0 Å². The quantitative estimate of drug-likeness (QED) is 0.665. The van der Waals surface area contributed by atoms with Crippen molar-refractivity contribution in [1.82, 2.24) is 4.31 Å². The molecule has 0 aliphatic carbocycles. The Balaban J connectivity index is 3.01. The third-order valence-electron chi connectivity index (χ3n) is 1.62. The summed E-state index contributed by atoms with van der Waals surface area (Å²) in [7, 11) is -3.53. The van der Waals surface area contributed by atoms with Gasteiger partial charge in [-0.2, -0.15) is 0 Å². The van der Waals surface area contributed by atoms with E-state index in [4.69, 9.17) is 23.2 Å². The molecule has 0 saturated heterocycles. The van der Waals surface area contributed by atoms with Crippen LogP contribution in [-0.2, 0) is 14.8 Å². The van der Waals surface area contributed by atoms with Gasteiger partial charge < -0.3 is 0 Å². The highest BCUT2D eigenvalue weighted by Crippen LogP contribution is 2.24. The Bertz CT molecular complexity index is 373. The van der Waals surface area contributed by atoms with E-state index < -0.39 is 15.9 Å². The average molecular weight is 244 g/mol. The summed E-state index contributed by atoms with van der Waals surface area (Å²) in [5.74, 6) is -0.629. The second-order valence-electron chi connectivity index (χ2n) is 2.63. The molecule has 1 aliphatic rings. The molecule has 0 spiro atoms. The molecule has 74 valence electrons. The number of nitrogens with zero attached hydrogens (tertiary/aromatic N) is 1. The SMILES string of the molecule is CS(=O)(=O)N1CC(CCl)=C(Cl)C1=O. The fraction of sp³-hybridized carbons (Fsp3) is 0.500. The first-order valence-corrected chi connectivity index (χ1v) is 6.09. The van der Waals surface area contributed by atoms with Gasteiger partial charge in [-0.25, -0.2) is 12.7 Å². The fourth-order valence-electron chi connectivity index (χ4n) is 0.944. The Morgan fingerprint density at radius 3 is 2.31 bits per heavy atom. The molecule has 0 fully saturated rings. The van der Waals surface area contributed by atoms with Crippen molar-refractivity contribution < 1.29 is 13.2 Å². The molecule has 4 nitrogen and oxygen atoms in total. The van der Waals surface area contributed by atoms with E-state index in [1.54, 1.807) is 0 Å². The zero-order valence-corrected chi connectivity index (χ0v) is 9.08. The van der Waals surface area contributed by atoms with E-state index in [2.05, 4.69) is 0 Å². The van der Waals surface area contributed by atoms with E-state index in [0.29, 0.717) is 9.88 Å². The predicted molar refractivity (Wildman–Crippen MR) is 50.2 cm³/mol. The van der Waals surface area contributed by atoms with Gasteiger partial charge in [0.25, 0.3) is 5.91 Å². The number of rotatable bonds is 2. The average Bonchev–Trinajstić information content (AvgIpc) is 2.28. The van der Waals surface area contributed by atoms with Crippen LogP contribution in [0.25, 0.3) is 0 Å². The van der Waals surface area contributed by atoms with Gasteiger partial charge in [-0.3, -0.25) is 4.79 Å². The number of hydrogen-bond acceptors (Lipinski definition) is 3. The number of hydrogen-bond donors (Lipinski definition) is 0. The van der Waals surface area contributed by atoms with E-state index in [-0.39, 0.29) is 17.5 Å². The number of alkyl halides is 1. The van der Waals surface area contributed by atoms with Crippen LogP contribution >= 0.6 is 23.2 Å². The van der Waals surface area contributed by atoms with Gasteiger partial charge in [-0.15, -0.1) is 11.6 Å². The highest BCUT2D eigenvalue weighted by molar-refractivity contribution is 7.89. The lowest BCUT2D eigenvalue weighted by atomic mass is 10.3. The summed E-state index contributed by atoms with van der Waals surface area (Å²) in [6.07, 6.45) is 0.951. The normalized spacial score (nSPS) is 18.7. The van der Waals surface area contributed by atoms with E-state index >= 15 is 0 Å². The minimum atomic E-state index is -3.53. The molecule has 1 rings (SSSR count). The van der Waals surface area contributed by atoms with Crippen LogP contribution in [0.5, 0.6) is 0 Å². The topological polar surface area (TPSA) is 54.5 Å². The van der Waals surface area contributed by atoms with Crippen LogP contribution in [0.1, 0.15) is 0 Å². The molecule has 0 unspecified atom stereocenters. The minimum absolute atomic E-state index is 0.0278. The van der Waals surface area contributed by atoms with Crippen LogP contribution in [0.2, 0.25) is 0 Å². The molecule has 0 radical (unpaired) electrons. The van der Waals surface area contributed by atoms with Crippen molar-refractivity contribution in [1.29, 1.82) is 0 Å². The molecule has 7 heteroatoms. The standard InChI is InChI=1S/C6H7Cl2NO3S/c1-13(11,12)9-3-4(2-7)5(8)6(9)10/h2-3H2,1H3. The first-order chi connectivity index (χ1) is 5.88. The Morgan fingerprint density at radius 2 is 2.08 bits per heavy atom. The summed E-state index contributed by atoms with van der Waals surface area (Å²) >= 11 is 11.0. The van der Waals surface area contributed by atoms with Gasteiger partial charge in [0, 0.05) is 5.88 Å². The summed E-state index contributed by atoms with van der Waals surface area (Å²) < 4.78 is 22.8. The molecule has 0 saturated carbocycles. The van der Waals surface area contributed by atoms with Crippen molar-refractivity contribution in [3.05, 3.63) is 10.6 Å². The second-order valence-corrected chi connectivity index (χ2v) is 5.18. The fourth-order valence-corrected chi connectivity index (χ4v) is 2.29. The largest absolute Gasteiger partial charge is 0.279 e. The zero-order valence-electron chi connectivity index (χ0n) is 6.75. The maximum Gasteiger partial charge on any atom is 0.279 e. The Labute approximate surface area is 86.2 Å². The van der Waals surface area contributed by atoms with Crippen molar-refractivity contribution >= 4 is 39.1 Å². The molecule has 0 N–H and O–H groups in total. The molecule has 0 aromatic carbocycles. The van der Waals surface area contributed by atoms with Gasteiger partial charge >= 0.3 is 0 Å². The summed E-state index contributed by atoms with van der Waals surface area (Å²) in [5, 5.41) is -0.0829. The molecule has 1 aliphatic heterocycles. The van der Waals surface area contributed by atoms with E-state index in [1.165, 1.54) is 0 Å². The molecule has 1 amide bonds. The number of halogens is 2. The predicted octanol–water partition coefficient (Wildman–Crippen LogP) is 0.520. The molecule has 0 atom stereocenters. The molecule has 0 aromatic rings. The third-order valence-corrected chi connectivity index (χ3v) is 3.47. The van der Waals surface area contributed by atoms with Crippen LogP contribution in [-0.4, -0.2) is 37.3 Å². The first kappa shape index (κ1) is 10.8. The summed E-state index contributed by atoms with van der Waals surface area (Å²) in [5.41, 5.74) is 0.443. The molecular weight excluding hydrogens is 237 g/mol. The molecule has 0 aromatic heterocycles. The maximum atomic E-state index is 11.2. The molecule has 0 bridgehead atoms. The summed E-state index contributed by atoms with van der Waals surface area (Å²) in [6, 6.07) is 0. The number of carbonyl (C=O) groups is 1. The van der Waals surface area contributed by atoms with E-state index in [9.17, 15) is 13.2 Å². The first-order valence-electron chi connectivity index (χ1n) is 3.33. The van der Waals surface area contributed by atoms with Crippen molar-refractivity contribution in [3.63, 3.8) is 0 Å². The van der Waals surface area contributed by atoms with Gasteiger partial charge in [0.05, 0.1) is 12.8 Å². The van der Waals surface area contributed by atoms with Crippen LogP contribution in [0.4, 0.5) is 0 Å². The monoisotopic (exact) mass is 243 g/mol. The highest BCUT2D eigenvalue weighted by atomic mass is 35.5. The molecule has 1 heterocycles. The van der Waals surface area contributed by atoms with Crippen LogP contribution in [0.3, 0.4) is 0 Å². The Hall–Kier alpha value is -0.260. The van der Waals surface area contributed by atoms with Gasteiger partial charge in [-0.05, 0) is 5.57 Å². The number of carbonyl (C=O) groups excluding carboxylic acids is 1. The Morgan fingerprint density at radius 1 is 1.54 bits per heavy atom. The highest BCUT2D eigenvalue weighted by Gasteiger charge is 2.34. The molecular formula is C6H7Cl2NO3S. The van der Waals surface area contributed by atoms with Crippen molar-refractivity contribution in [3.8, 4) is 0 Å². The Kier molecular flexibility index (Phi) is 2.89. The zero-order chi connectivity index (χ0) is 10.2. The molecule has 13 heavy (non-hydrogen) atoms. The van der Waals surface area contributed by atoms with Crippen LogP contribution in [0.15, 0.2) is 10.6 Å². The minimum Gasteiger partial charge on any atom is -0.267 e. The van der Waals surface area contributed by atoms with Crippen molar-refractivity contribution in [2.75, 3.05) is 18.7 Å². The van der Waals surface area contributed by atoms with Gasteiger partial charge in [0.15, 0.2) is 0 Å². The third kappa shape index (κ3) is 1.98.